The molecule has 1 fully saturated rings. The predicted octanol–water partition coefficient (Wildman–Crippen LogP) is 3.69. The maximum absolute atomic E-state index is 13.7. The maximum Gasteiger partial charge on any atom is 0.307 e. The molecule has 2 aromatic rings. The van der Waals surface area contributed by atoms with Gasteiger partial charge in [0.25, 0.3) is 11.8 Å². The van der Waals surface area contributed by atoms with Crippen molar-refractivity contribution in [3.05, 3.63) is 70.8 Å². The molecule has 34 heavy (non-hydrogen) atoms. The molecule has 2 aliphatic heterocycles. The van der Waals surface area contributed by atoms with Crippen molar-refractivity contribution < 1.29 is 24.3 Å². The topological polar surface area (TPSA) is 95.0 Å². The molecule has 7 heteroatoms. The zero-order valence-corrected chi connectivity index (χ0v) is 19.0. The van der Waals surface area contributed by atoms with Crippen molar-refractivity contribution in [3.63, 3.8) is 0 Å². The van der Waals surface area contributed by atoms with Crippen molar-refractivity contribution in [2.75, 3.05) is 13.1 Å². The van der Waals surface area contributed by atoms with Crippen molar-refractivity contribution >= 4 is 23.7 Å². The van der Waals surface area contributed by atoms with Crippen LogP contribution in [0.2, 0.25) is 0 Å². The summed E-state index contributed by atoms with van der Waals surface area (Å²) in [6, 6.07) is 14.5. The summed E-state index contributed by atoms with van der Waals surface area (Å²) >= 11 is 0. The van der Waals surface area contributed by atoms with Gasteiger partial charge in [-0.3, -0.25) is 24.1 Å². The molecule has 3 aliphatic rings. The minimum absolute atomic E-state index is 0.117. The Morgan fingerprint density at radius 1 is 0.882 bits per heavy atom. The molecule has 0 saturated heterocycles. The van der Waals surface area contributed by atoms with Gasteiger partial charge in [0, 0.05) is 13.1 Å². The van der Waals surface area contributed by atoms with Crippen LogP contribution in [0.25, 0.3) is 0 Å². The molecule has 0 spiro atoms. The lowest BCUT2D eigenvalue weighted by atomic mass is 9.77. The van der Waals surface area contributed by atoms with Crippen LogP contribution in [0.15, 0.2) is 48.5 Å². The normalized spacial score (nSPS) is 24.1. The molecular formula is C27H28N2O5. The first-order chi connectivity index (χ1) is 16.5. The molecule has 3 amide bonds. The highest BCUT2D eigenvalue weighted by atomic mass is 16.4. The Bertz CT molecular complexity index is 1120. The summed E-state index contributed by atoms with van der Waals surface area (Å²) in [5.74, 6) is -2.82. The van der Waals surface area contributed by atoms with Gasteiger partial charge in [0.2, 0.25) is 5.91 Å². The molecule has 5 rings (SSSR count). The molecular weight excluding hydrogens is 432 g/mol. The van der Waals surface area contributed by atoms with Crippen LogP contribution >= 0.6 is 0 Å². The van der Waals surface area contributed by atoms with E-state index in [1.807, 2.05) is 29.2 Å². The van der Waals surface area contributed by atoms with E-state index in [2.05, 4.69) is 0 Å². The average molecular weight is 461 g/mol. The summed E-state index contributed by atoms with van der Waals surface area (Å²) in [5.41, 5.74) is 2.99. The molecule has 176 valence electrons. The molecule has 1 N–H and O–H groups in total. The second-order valence-electron chi connectivity index (χ2n) is 9.43. The van der Waals surface area contributed by atoms with Gasteiger partial charge in [0.05, 0.1) is 29.0 Å². The van der Waals surface area contributed by atoms with Crippen LogP contribution in [0.5, 0.6) is 0 Å². The van der Waals surface area contributed by atoms with E-state index in [4.69, 9.17) is 0 Å². The van der Waals surface area contributed by atoms with Gasteiger partial charge >= 0.3 is 5.97 Å². The third-order valence-electron chi connectivity index (χ3n) is 7.60. The van der Waals surface area contributed by atoms with Gasteiger partial charge in [0.1, 0.15) is 0 Å². The summed E-state index contributed by atoms with van der Waals surface area (Å²) in [6.45, 7) is 0.702. The molecule has 1 aliphatic carbocycles. The summed E-state index contributed by atoms with van der Waals surface area (Å²) < 4.78 is 0. The highest BCUT2D eigenvalue weighted by Crippen LogP contribution is 2.38. The molecule has 0 bridgehead atoms. The number of fused-ring (bicyclic) bond motifs is 2. The average Bonchev–Trinajstić information content (AvgIpc) is 3.11. The SMILES string of the molecule is O=C(O)[C@H]1CCCC[C@H]1C(=O)N1CCc2ccccc2[C@@H]1CCN1C(=O)c2ccccc2C1=O. The Morgan fingerprint density at radius 3 is 2.18 bits per heavy atom. The number of carbonyl (C=O) groups excluding carboxylic acids is 3. The fourth-order valence-electron chi connectivity index (χ4n) is 5.86. The number of hydrogen-bond acceptors (Lipinski definition) is 4. The van der Waals surface area contributed by atoms with Crippen LogP contribution in [-0.4, -0.2) is 51.7 Å². The Morgan fingerprint density at radius 2 is 1.50 bits per heavy atom. The second-order valence-corrected chi connectivity index (χ2v) is 9.43. The third kappa shape index (κ3) is 3.79. The van der Waals surface area contributed by atoms with Crippen LogP contribution in [0, 0.1) is 11.8 Å². The number of amides is 3. The van der Waals surface area contributed by atoms with Crippen molar-refractivity contribution in [1.29, 1.82) is 0 Å². The molecule has 1 saturated carbocycles. The lowest BCUT2D eigenvalue weighted by molar-refractivity contribution is -0.153. The van der Waals surface area contributed by atoms with Crippen LogP contribution < -0.4 is 0 Å². The molecule has 2 heterocycles. The van der Waals surface area contributed by atoms with Crippen molar-refractivity contribution in [1.82, 2.24) is 9.80 Å². The Hall–Kier alpha value is -3.48. The maximum atomic E-state index is 13.7. The Balaban J connectivity index is 1.41. The standard InChI is InChI=1S/C27H28N2O5/c30-24(21-11-5-6-12-22(21)27(33)34)28-15-13-17-7-1-2-8-18(17)23(28)14-16-29-25(31)19-9-3-4-10-20(19)26(29)32/h1-4,7-10,21-23H,5-6,11-16H2,(H,33,34)/t21-,22+,23+/m1/s1. The lowest BCUT2D eigenvalue weighted by Crippen LogP contribution is -2.47. The first kappa shape index (κ1) is 22.3. The number of carboxylic acids is 1. The van der Waals surface area contributed by atoms with Crippen molar-refractivity contribution in [2.24, 2.45) is 11.8 Å². The molecule has 2 aromatic carbocycles. The molecule has 3 atom stereocenters. The van der Waals surface area contributed by atoms with Gasteiger partial charge in [-0.1, -0.05) is 49.2 Å². The van der Waals surface area contributed by atoms with E-state index in [1.165, 1.54) is 4.90 Å². The number of aliphatic carboxylic acids is 1. The number of imide groups is 1. The minimum atomic E-state index is -0.905. The van der Waals surface area contributed by atoms with Gasteiger partial charge in [-0.2, -0.15) is 0 Å². The largest absolute Gasteiger partial charge is 0.481 e. The summed E-state index contributed by atoms with van der Waals surface area (Å²) in [4.78, 5) is 54.4. The van der Waals surface area contributed by atoms with Gasteiger partial charge in [0.15, 0.2) is 0 Å². The van der Waals surface area contributed by atoms with E-state index in [-0.39, 0.29) is 30.3 Å². The lowest BCUT2D eigenvalue weighted by Gasteiger charge is -2.41. The number of carbonyl (C=O) groups is 4. The Kier molecular flexibility index (Phi) is 5.94. The monoisotopic (exact) mass is 460 g/mol. The first-order valence-electron chi connectivity index (χ1n) is 12.0. The van der Waals surface area contributed by atoms with Gasteiger partial charge in [-0.15, -0.1) is 0 Å². The minimum Gasteiger partial charge on any atom is -0.481 e. The van der Waals surface area contributed by atoms with Crippen LogP contribution in [-0.2, 0) is 16.0 Å². The van der Waals surface area contributed by atoms with Gasteiger partial charge in [-0.25, -0.2) is 0 Å². The van der Waals surface area contributed by atoms with Crippen LogP contribution in [0.1, 0.15) is 70.0 Å². The fraction of sp³-hybridized carbons (Fsp3) is 0.407. The molecule has 0 unspecified atom stereocenters. The molecule has 0 radical (unpaired) electrons. The number of nitrogens with zero attached hydrogens (tertiary/aromatic N) is 2. The number of hydrogen-bond donors (Lipinski definition) is 1. The third-order valence-corrected chi connectivity index (χ3v) is 7.60. The van der Waals surface area contributed by atoms with Gasteiger partial charge < -0.3 is 10.0 Å². The molecule has 0 aromatic heterocycles. The van der Waals surface area contributed by atoms with E-state index in [0.29, 0.717) is 43.4 Å². The number of rotatable bonds is 5. The highest BCUT2D eigenvalue weighted by Gasteiger charge is 2.42. The fourth-order valence-corrected chi connectivity index (χ4v) is 5.86. The van der Waals surface area contributed by atoms with E-state index >= 15 is 0 Å². The van der Waals surface area contributed by atoms with E-state index in [9.17, 15) is 24.3 Å². The van der Waals surface area contributed by atoms with Gasteiger partial charge in [-0.05, 0) is 48.9 Å². The summed E-state index contributed by atoms with van der Waals surface area (Å²) in [5, 5.41) is 9.72. The Labute approximate surface area is 198 Å². The smallest absolute Gasteiger partial charge is 0.307 e. The van der Waals surface area contributed by atoms with E-state index in [1.54, 1.807) is 24.3 Å². The highest BCUT2D eigenvalue weighted by molar-refractivity contribution is 6.21. The number of carboxylic acid groups (broad SMARTS) is 1. The summed E-state index contributed by atoms with van der Waals surface area (Å²) in [6.07, 6.45) is 3.90. The van der Waals surface area contributed by atoms with Crippen LogP contribution in [0.4, 0.5) is 0 Å². The zero-order chi connectivity index (χ0) is 23.8. The van der Waals surface area contributed by atoms with E-state index in [0.717, 1.165) is 24.0 Å². The van der Waals surface area contributed by atoms with Crippen molar-refractivity contribution in [3.8, 4) is 0 Å². The van der Waals surface area contributed by atoms with E-state index < -0.39 is 17.8 Å². The predicted molar refractivity (Wildman–Crippen MR) is 124 cm³/mol. The first-order valence-corrected chi connectivity index (χ1v) is 12.0. The second kappa shape index (κ2) is 9.05. The van der Waals surface area contributed by atoms with Crippen molar-refractivity contribution in [2.45, 2.75) is 44.6 Å². The molecule has 7 nitrogen and oxygen atoms in total. The quantitative estimate of drug-likeness (QED) is 0.687. The number of benzene rings is 2. The summed E-state index contributed by atoms with van der Waals surface area (Å²) in [7, 11) is 0. The zero-order valence-electron chi connectivity index (χ0n) is 19.0. The van der Waals surface area contributed by atoms with Crippen LogP contribution in [0.3, 0.4) is 0 Å².